The van der Waals surface area contributed by atoms with Crippen LogP contribution in [-0.4, -0.2) is 13.1 Å². The number of nitrogens with two attached hydrogens (primary N) is 1. The lowest BCUT2D eigenvalue weighted by atomic mass is 9.96. The smallest absolute Gasteiger partial charge is 0.139 e. The number of anilines is 2. The maximum atomic E-state index is 13.4. The van der Waals surface area contributed by atoms with Crippen molar-refractivity contribution < 1.29 is 4.39 Å². The molecule has 1 aliphatic rings. The van der Waals surface area contributed by atoms with Crippen molar-refractivity contribution >= 4 is 27.3 Å². The fraction of sp³-hybridized carbons (Fsp3) is 0.600. The Kier molecular flexibility index (Phi) is 5.08. The highest BCUT2D eigenvalue weighted by atomic mass is 79.9. The van der Waals surface area contributed by atoms with E-state index in [2.05, 4.69) is 27.8 Å². The highest BCUT2D eigenvalue weighted by Gasteiger charge is 2.19. The van der Waals surface area contributed by atoms with E-state index in [0.29, 0.717) is 10.2 Å². The van der Waals surface area contributed by atoms with E-state index in [9.17, 15) is 4.39 Å². The summed E-state index contributed by atoms with van der Waals surface area (Å²) in [4.78, 5) is 2.30. The van der Waals surface area contributed by atoms with Crippen molar-refractivity contribution in [1.82, 2.24) is 0 Å². The molecule has 2 rings (SSSR count). The maximum absolute atomic E-state index is 13.4. The van der Waals surface area contributed by atoms with Gasteiger partial charge >= 0.3 is 0 Å². The third kappa shape index (κ3) is 3.62. The predicted molar refractivity (Wildman–Crippen MR) is 83.0 cm³/mol. The van der Waals surface area contributed by atoms with Gasteiger partial charge in [-0.3, -0.25) is 0 Å². The molecule has 19 heavy (non-hydrogen) atoms. The number of nitrogen functional groups attached to an aromatic ring is 1. The predicted octanol–water partition coefficient (Wildman–Crippen LogP) is 4.58. The largest absolute Gasteiger partial charge is 0.397 e. The molecule has 1 atom stereocenters. The third-order valence-corrected chi connectivity index (χ3v) is 4.56. The molecule has 106 valence electrons. The van der Waals surface area contributed by atoms with E-state index in [-0.39, 0.29) is 5.82 Å². The maximum Gasteiger partial charge on any atom is 0.139 e. The van der Waals surface area contributed by atoms with Crippen molar-refractivity contribution in [2.45, 2.75) is 39.0 Å². The minimum Gasteiger partial charge on any atom is -0.397 e. The zero-order valence-corrected chi connectivity index (χ0v) is 13.0. The van der Waals surface area contributed by atoms with Crippen LogP contribution >= 0.6 is 15.9 Å². The SMILES string of the molecule is CCCC1CCCN(c2cc(Br)c(F)cc2N)CC1. The minimum atomic E-state index is -0.292. The van der Waals surface area contributed by atoms with Gasteiger partial charge in [0.1, 0.15) is 5.82 Å². The topological polar surface area (TPSA) is 29.3 Å². The first-order valence-corrected chi connectivity index (χ1v) is 7.90. The van der Waals surface area contributed by atoms with E-state index in [1.807, 2.05) is 6.07 Å². The Hall–Kier alpha value is -0.770. The number of benzene rings is 1. The van der Waals surface area contributed by atoms with Crippen molar-refractivity contribution in [3.05, 3.63) is 22.4 Å². The zero-order valence-electron chi connectivity index (χ0n) is 11.5. The first kappa shape index (κ1) is 14.6. The van der Waals surface area contributed by atoms with Gasteiger partial charge in [0, 0.05) is 19.2 Å². The van der Waals surface area contributed by atoms with Crippen molar-refractivity contribution in [3.8, 4) is 0 Å². The van der Waals surface area contributed by atoms with Crippen LogP contribution in [0.15, 0.2) is 16.6 Å². The Labute approximate surface area is 123 Å². The standard InChI is InChI=1S/C15H22BrFN2/c1-2-4-11-5-3-7-19(8-6-11)15-9-12(16)13(17)10-14(15)18/h9-11H,2-8,18H2,1H3. The molecule has 1 aliphatic heterocycles. The van der Waals surface area contributed by atoms with E-state index >= 15 is 0 Å². The number of nitrogens with zero attached hydrogens (tertiary/aromatic N) is 1. The summed E-state index contributed by atoms with van der Waals surface area (Å²) >= 11 is 3.25. The summed E-state index contributed by atoms with van der Waals surface area (Å²) in [5.74, 6) is 0.542. The Morgan fingerprint density at radius 3 is 2.89 bits per heavy atom. The summed E-state index contributed by atoms with van der Waals surface area (Å²) in [5, 5.41) is 0. The summed E-state index contributed by atoms with van der Waals surface area (Å²) in [5.41, 5.74) is 7.46. The summed E-state index contributed by atoms with van der Waals surface area (Å²) in [6, 6.07) is 3.22. The molecule has 1 aromatic rings. The van der Waals surface area contributed by atoms with Crippen LogP contribution < -0.4 is 10.6 Å². The van der Waals surface area contributed by atoms with Crippen molar-refractivity contribution in [2.75, 3.05) is 23.7 Å². The minimum absolute atomic E-state index is 0.292. The van der Waals surface area contributed by atoms with E-state index < -0.39 is 0 Å². The highest BCUT2D eigenvalue weighted by Crippen LogP contribution is 2.32. The number of rotatable bonds is 3. The molecular formula is C15H22BrFN2. The van der Waals surface area contributed by atoms with Crippen LogP contribution in [0, 0.1) is 11.7 Å². The molecule has 1 saturated heterocycles. The van der Waals surface area contributed by atoms with Gasteiger partial charge in [-0.1, -0.05) is 19.8 Å². The molecule has 2 nitrogen and oxygen atoms in total. The van der Waals surface area contributed by atoms with Crippen LogP contribution in [0.3, 0.4) is 0 Å². The molecule has 2 N–H and O–H groups in total. The molecule has 0 aliphatic carbocycles. The molecule has 1 aromatic carbocycles. The Balaban J connectivity index is 2.12. The van der Waals surface area contributed by atoms with Gasteiger partial charge in [-0.15, -0.1) is 0 Å². The molecule has 1 fully saturated rings. The molecule has 0 amide bonds. The lowest BCUT2D eigenvalue weighted by Gasteiger charge is -2.25. The summed E-state index contributed by atoms with van der Waals surface area (Å²) in [6.07, 6.45) is 6.28. The van der Waals surface area contributed by atoms with Gasteiger partial charge in [0.05, 0.1) is 15.8 Å². The number of hydrogen-bond acceptors (Lipinski definition) is 2. The zero-order chi connectivity index (χ0) is 13.8. The van der Waals surface area contributed by atoms with Gasteiger partial charge in [0.25, 0.3) is 0 Å². The van der Waals surface area contributed by atoms with E-state index in [1.165, 1.54) is 38.2 Å². The van der Waals surface area contributed by atoms with E-state index in [0.717, 1.165) is 24.7 Å². The number of halogens is 2. The first-order valence-electron chi connectivity index (χ1n) is 7.11. The molecule has 1 unspecified atom stereocenters. The fourth-order valence-electron chi connectivity index (χ4n) is 2.93. The molecule has 4 heteroatoms. The van der Waals surface area contributed by atoms with Gasteiger partial charge in [-0.25, -0.2) is 4.39 Å². The van der Waals surface area contributed by atoms with Crippen molar-refractivity contribution in [1.29, 1.82) is 0 Å². The Bertz CT molecular complexity index is 436. The molecular weight excluding hydrogens is 307 g/mol. The van der Waals surface area contributed by atoms with E-state index in [1.54, 1.807) is 0 Å². The van der Waals surface area contributed by atoms with Crippen LogP contribution in [-0.2, 0) is 0 Å². The van der Waals surface area contributed by atoms with E-state index in [4.69, 9.17) is 5.73 Å². The second-order valence-electron chi connectivity index (χ2n) is 5.40. The third-order valence-electron chi connectivity index (χ3n) is 3.95. The van der Waals surface area contributed by atoms with Crippen LogP contribution in [0.4, 0.5) is 15.8 Å². The normalized spacial score (nSPS) is 20.4. The van der Waals surface area contributed by atoms with Crippen molar-refractivity contribution in [2.24, 2.45) is 5.92 Å². The monoisotopic (exact) mass is 328 g/mol. The molecule has 0 bridgehead atoms. The van der Waals surface area contributed by atoms with Gasteiger partial charge < -0.3 is 10.6 Å². The van der Waals surface area contributed by atoms with Gasteiger partial charge in [0.15, 0.2) is 0 Å². The summed E-state index contributed by atoms with van der Waals surface area (Å²) in [6.45, 7) is 4.28. The highest BCUT2D eigenvalue weighted by molar-refractivity contribution is 9.10. The second-order valence-corrected chi connectivity index (χ2v) is 6.25. The Morgan fingerprint density at radius 1 is 1.37 bits per heavy atom. The van der Waals surface area contributed by atoms with Crippen LogP contribution in [0.5, 0.6) is 0 Å². The second kappa shape index (κ2) is 6.60. The summed E-state index contributed by atoms with van der Waals surface area (Å²) in [7, 11) is 0. The average molecular weight is 329 g/mol. The van der Waals surface area contributed by atoms with Crippen LogP contribution in [0.2, 0.25) is 0 Å². The molecule has 0 spiro atoms. The molecule has 0 saturated carbocycles. The molecule has 0 radical (unpaired) electrons. The summed E-state index contributed by atoms with van der Waals surface area (Å²) < 4.78 is 13.9. The van der Waals surface area contributed by atoms with Crippen LogP contribution in [0.1, 0.15) is 39.0 Å². The Morgan fingerprint density at radius 2 is 2.16 bits per heavy atom. The lowest BCUT2D eigenvalue weighted by molar-refractivity contribution is 0.435. The first-order chi connectivity index (χ1) is 9.11. The molecule has 0 aromatic heterocycles. The average Bonchev–Trinajstić information content (AvgIpc) is 2.60. The van der Waals surface area contributed by atoms with Crippen molar-refractivity contribution in [3.63, 3.8) is 0 Å². The van der Waals surface area contributed by atoms with Gasteiger partial charge in [-0.05, 0) is 47.2 Å². The quantitative estimate of drug-likeness (QED) is 0.823. The van der Waals surface area contributed by atoms with Gasteiger partial charge in [-0.2, -0.15) is 0 Å². The lowest BCUT2D eigenvalue weighted by Crippen LogP contribution is -2.25. The molecule has 1 heterocycles. The fourth-order valence-corrected chi connectivity index (χ4v) is 3.26. The van der Waals surface area contributed by atoms with Crippen LogP contribution in [0.25, 0.3) is 0 Å². The number of hydrogen-bond donors (Lipinski definition) is 1. The van der Waals surface area contributed by atoms with Gasteiger partial charge in [0.2, 0.25) is 0 Å².